The molecule has 1 aliphatic rings. The largest absolute Gasteiger partial charge is 0.507 e. The molecule has 1 fully saturated rings. The van der Waals surface area contributed by atoms with Gasteiger partial charge in [0.2, 0.25) is 0 Å². The van der Waals surface area contributed by atoms with Crippen molar-refractivity contribution in [3.05, 3.63) is 92.3 Å². The Hall–Kier alpha value is -3.55. The average molecular weight is 507 g/mol. The van der Waals surface area contributed by atoms with Crippen molar-refractivity contribution in [2.45, 2.75) is 19.4 Å². The van der Waals surface area contributed by atoms with E-state index in [1.54, 1.807) is 17.0 Å². The number of carbonyl (C=O) groups excluding carboxylic acids is 2. The number of hydrogen-bond donors (Lipinski definition) is 2. The molecule has 2 aromatic carbocycles. The highest BCUT2D eigenvalue weighted by Gasteiger charge is 2.46. The van der Waals surface area contributed by atoms with Crippen LogP contribution in [0.4, 0.5) is 0 Å². The quantitative estimate of drug-likeness (QED) is 0.195. The minimum Gasteiger partial charge on any atom is -0.507 e. The molecule has 6 nitrogen and oxygen atoms in total. The number of halogens is 1. The second-order valence-corrected chi connectivity index (χ2v) is 9.77. The van der Waals surface area contributed by atoms with Crippen LogP contribution in [-0.2, 0) is 16.0 Å². The van der Waals surface area contributed by atoms with Gasteiger partial charge in [-0.25, -0.2) is 0 Å². The number of amides is 1. The van der Waals surface area contributed by atoms with Crippen LogP contribution in [0.5, 0.6) is 5.75 Å². The molecule has 1 amide bonds. The van der Waals surface area contributed by atoms with Gasteiger partial charge in [-0.3, -0.25) is 9.59 Å². The highest BCUT2D eigenvalue weighted by Crippen LogP contribution is 2.43. The van der Waals surface area contributed by atoms with Gasteiger partial charge in [0.05, 0.1) is 23.7 Å². The molecular weight excluding hydrogens is 484 g/mol. The zero-order valence-corrected chi connectivity index (χ0v) is 20.7. The number of hydrogen-bond acceptors (Lipinski definition) is 5. The number of aromatic nitrogens is 1. The Morgan fingerprint density at radius 3 is 2.71 bits per heavy atom. The predicted octanol–water partition coefficient (Wildman–Crippen LogP) is 5.86. The van der Waals surface area contributed by atoms with E-state index < -0.39 is 17.7 Å². The topological polar surface area (TPSA) is 82.6 Å². The molecule has 1 aliphatic heterocycles. The molecule has 1 atom stereocenters. The van der Waals surface area contributed by atoms with E-state index in [9.17, 15) is 14.7 Å². The first kappa shape index (κ1) is 23.2. The molecule has 0 radical (unpaired) electrons. The third-order valence-corrected chi connectivity index (χ3v) is 7.78. The van der Waals surface area contributed by atoms with Crippen LogP contribution in [0.1, 0.15) is 27.6 Å². The van der Waals surface area contributed by atoms with Crippen molar-refractivity contribution in [2.24, 2.45) is 0 Å². The lowest BCUT2D eigenvalue weighted by atomic mass is 9.98. The summed E-state index contributed by atoms with van der Waals surface area (Å²) in [5.41, 5.74) is 3.46. The number of aliphatic hydroxyl groups is 1. The third-order valence-electron chi connectivity index (χ3n) is 6.41. The van der Waals surface area contributed by atoms with E-state index in [2.05, 4.69) is 4.98 Å². The zero-order valence-electron chi connectivity index (χ0n) is 19.2. The summed E-state index contributed by atoms with van der Waals surface area (Å²) in [4.78, 5) is 32.2. The Bertz CT molecular complexity index is 1490. The lowest BCUT2D eigenvalue weighted by Gasteiger charge is -2.25. The summed E-state index contributed by atoms with van der Waals surface area (Å²) >= 11 is 7.73. The number of ether oxygens (including phenoxy) is 1. The van der Waals surface area contributed by atoms with Gasteiger partial charge in [-0.2, -0.15) is 0 Å². The molecule has 5 rings (SSSR count). The summed E-state index contributed by atoms with van der Waals surface area (Å²) in [5.74, 6) is -1.12. The summed E-state index contributed by atoms with van der Waals surface area (Å²) in [6.07, 6.45) is 2.50. The van der Waals surface area contributed by atoms with Crippen LogP contribution in [0.2, 0.25) is 5.02 Å². The number of ketones is 1. The van der Waals surface area contributed by atoms with Gasteiger partial charge in [0.1, 0.15) is 11.5 Å². The fourth-order valence-electron chi connectivity index (χ4n) is 4.60. The smallest absolute Gasteiger partial charge is 0.295 e. The summed E-state index contributed by atoms with van der Waals surface area (Å²) in [7, 11) is 1.50. The molecule has 4 aromatic rings. The van der Waals surface area contributed by atoms with E-state index in [0.717, 1.165) is 26.9 Å². The maximum Gasteiger partial charge on any atom is 0.295 e. The molecule has 178 valence electrons. The molecule has 35 heavy (non-hydrogen) atoms. The number of para-hydroxylation sites is 1. The van der Waals surface area contributed by atoms with Crippen molar-refractivity contribution in [1.82, 2.24) is 9.88 Å². The number of aryl methyl sites for hydroxylation is 1. The Morgan fingerprint density at radius 1 is 1.20 bits per heavy atom. The number of aromatic amines is 1. The number of nitrogens with zero attached hydrogens (tertiary/aromatic N) is 1. The summed E-state index contributed by atoms with van der Waals surface area (Å²) in [6.45, 7) is 2.27. The van der Waals surface area contributed by atoms with Crippen LogP contribution in [0.3, 0.4) is 0 Å². The van der Waals surface area contributed by atoms with Gasteiger partial charge in [0.25, 0.3) is 11.7 Å². The molecule has 3 heterocycles. The molecule has 2 aromatic heterocycles. The SMILES string of the molecule is COc1ccc(/C(O)=C2/C(=O)C(=O)N(CCc3c[nH]c4ccccc34)C2c2sccc2C)cc1Cl. The van der Waals surface area contributed by atoms with Crippen LogP contribution in [0.25, 0.3) is 16.7 Å². The molecule has 0 saturated carbocycles. The lowest BCUT2D eigenvalue weighted by molar-refractivity contribution is -0.139. The minimum atomic E-state index is -0.703. The van der Waals surface area contributed by atoms with Gasteiger partial charge in [-0.15, -0.1) is 11.3 Å². The number of methoxy groups -OCH3 is 1. The van der Waals surface area contributed by atoms with E-state index in [-0.39, 0.29) is 11.3 Å². The van der Waals surface area contributed by atoms with Gasteiger partial charge in [0.15, 0.2) is 0 Å². The summed E-state index contributed by atoms with van der Waals surface area (Å²) in [6, 6.07) is 14.0. The Morgan fingerprint density at radius 2 is 2.00 bits per heavy atom. The summed E-state index contributed by atoms with van der Waals surface area (Å²) < 4.78 is 5.19. The standard InChI is InChI=1S/C27H23ClN2O4S/c1-15-10-12-35-26(15)23-22(24(31)16-7-8-21(34-2)19(28)13-16)25(32)27(33)30(23)11-9-17-14-29-20-6-4-3-5-18(17)20/h3-8,10,12-14,23,29,31H,9,11H2,1-2H3/b24-22-. The zero-order chi connectivity index (χ0) is 24.7. The Kier molecular flexibility index (Phi) is 6.13. The van der Waals surface area contributed by atoms with Crippen LogP contribution < -0.4 is 4.74 Å². The van der Waals surface area contributed by atoms with Crippen molar-refractivity contribution in [3.63, 3.8) is 0 Å². The second-order valence-electron chi connectivity index (χ2n) is 8.42. The first-order chi connectivity index (χ1) is 16.9. The number of Topliss-reactive ketones (excluding diaryl/α,β-unsaturated/α-hetero) is 1. The Balaban J connectivity index is 1.56. The number of thiophene rings is 1. The summed E-state index contributed by atoms with van der Waals surface area (Å²) in [5, 5.41) is 14.6. The van der Waals surface area contributed by atoms with Crippen LogP contribution in [0, 0.1) is 6.92 Å². The number of carbonyl (C=O) groups is 2. The van der Waals surface area contributed by atoms with Crippen LogP contribution in [-0.4, -0.2) is 40.3 Å². The average Bonchev–Trinajstić information content (AvgIpc) is 3.54. The molecule has 2 N–H and O–H groups in total. The van der Waals surface area contributed by atoms with E-state index in [0.29, 0.717) is 29.3 Å². The minimum absolute atomic E-state index is 0.0701. The van der Waals surface area contributed by atoms with E-state index in [1.165, 1.54) is 24.5 Å². The number of H-pyrrole nitrogens is 1. The number of aliphatic hydroxyl groups excluding tert-OH is 1. The van der Waals surface area contributed by atoms with Gasteiger partial charge < -0.3 is 19.7 Å². The van der Waals surface area contributed by atoms with Crippen molar-refractivity contribution < 1.29 is 19.4 Å². The Labute approximate surface area is 211 Å². The van der Waals surface area contributed by atoms with E-state index >= 15 is 0 Å². The normalized spacial score (nSPS) is 17.5. The third kappa shape index (κ3) is 4.00. The van der Waals surface area contributed by atoms with Crippen molar-refractivity contribution >= 4 is 51.3 Å². The molecule has 1 unspecified atom stereocenters. The number of benzene rings is 2. The number of rotatable bonds is 6. The highest BCUT2D eigenvalue weighted by molar-refractivity contribution is 7.10. The van der Waals surface area contributed by atoms with Gasteiger partial charge in [-0.1, -0.05) is 29.8 Å². The monoisotopic (exact) mass is 506 g/mol. The van der Waals surface area contributed by atoms with E-state index in [4.69, 9.17) is 16.3 Å². The van der Waals surface area contributed by atoms with Gasteiger partial charge >= 0.3 is 0 Å². The first-order valence-electron chi connectivity index (χ1n) is 11.1. The maximum absolute atomic E-state index is 13.3. The fraction of sp³-hybridized carbons (Fsp3) is 0.185. The number of fused-ring (bicyclic) bond motifs is 1. The predicted molar refractivity (Wildman–Crippen MR) is 138 cm³/mol. The molecule has 8 heteroatoms. The lowest BCUT2D eigenvalue weighted by Crippen LogP contribution is -2.31. The number of nitrogens with one attached hydrogen (secondary N) is 1. The maximum atomic E-state index is 13.3. The van der Waals surface area contributed by atoms with E-state index in [1.807, 2.05) is 48.8 Å². The van der Waals surface area contributed by atoms with Crippen molar-refractivity contribution in [3.8, 4) is 5.75 Å². The van der Waals surface area contributed by atoms with Crippen molar-refractivity contribution in [1.29, 1.82) is 0 Å². The van der Waals surface area contributed by atoms with Gasteiger partial charge in [0, 0.05) is 34.1 Å². The number of likely N-dealkylation sites (tertiary alicyclic amines) is 1. The van der Waals surface area contributed by atoms with Gasteiger partial charge in [-0.05, 0) is 60.2 Å². The second kappa shape index (κ2) is 9.24. The molecular formula is C27H23ClN2O4S. The molecule has 0 bridgehead atoms. The molecule has 0 aliphatic carbocycles. The molecule has 1 saturated heterocycles. The molecule has 0 spiro atoms. The first-order valence-corrected chi connectivity index (χ1v) is 12.4. The van der Waals surface area contributed by atoms with Crippen LogP contribution >= 0.6 is 22.9 Å². The van der Waals surface area contributed by atoms with Crippen molar-refractivity contribution in [2.75, 3.05) is 13.7 Å². The van der Waals surface area contributed by atoms with Crippen LogP contribution in [0.15, 0.2) is 65.7 Å². The fourth-order valence-corrected chi connectivity index (χ4v) is 5.90. The highest BCUT2D eigenvalue weighted by atomic mass is 35.5.